The number of piperidine rings is 1. The zero-order valence-corrected chi connectivity index (χ0v) is 29.1. The molecule has 252 valence electrons. The fourth-order valence-corrected chi connectivity index (χ4v) is 7.04. The number of methoxy groups -OCH3 is 2. The number of carbonyl (C=O) groups excluding carboxylic acids is 1. The molecule has 0 spiro atoms. The van der Waals surface area contributed by atoms with Gasteiger partial charge in [-0.3, -0.25) is 14.7 Å². The molecule has 9 nitrogen and oxygen atoms in total. The normalized spacial score (nSPS) is 15.8. The van der Waals surface area contributed by atoms with Crippen LogP contribution < -0.4 is 14.8 Å². The first-order chi connectivity index (χ1) is 23.4. The maximum atomic E-state index is 11.7. The van der Waals surface area contributed by atoms with Gasteiger partial charge in [0.05, 0.1) is 48.9 Å². The lowest BCUT2D eigenvalue weighted by atomic mass is 9.99. The van der Waals surface area contributed by atoms with Crippen molar-refractivity contribution in [3.05, 3.63) is 82.0 Å². The van der Waals surface area contributed by atoms with Crippen molar-refractivity contribution in [3.8, 4) is 45.3 Å². The molecule has 2 aromatic heterocycles. The average molecular weight is 691 g/mol. The highest BCUT2D eigenvalue weighted by Crippen LogP contribution is 2.42. The van der Waals surface area contributed by atoms with Gasteiger partial charge in [0.15, 0.2) is 0 Å². The van der Waals surface area contributed by atoms with Crippen molar-refractivity contribution in [1.29, 1.82) is 0 Å². The van der Waals surface area contributed by atoms with Crippen molar-refractivity contribution in [1.82, 2.24) is 25.1 Å². The summed E-state index contributed by atoms with van der Waals surface area (Å²) >= 11 is 14.2. The summed E-state index contributed by atoms with van der Waals surface area (Å²) in [5, 5.41) is 4.64. The van der Waals surface area contributed by atoms with E-state index in [2.05, 4.69) is 21.3 Å². The number of rotatable bonds is 10. The minimum absolute atomic E-state index is 0.134. The quantitative estimate of drug-likeness (QED) is 0.196. The number of nitrogens with one attached hydrogen (secondary N) is 1. The molecule has 4 heterocycles. The summed E-state index contributed by atoms with van der Waals surface area (Å²) in [5.74, 6) is 1.46. The molecule has 0 unspecified atom stereocenters. The highest BCUT2D eigenvalue weighted by atomic mass is 35.5. The van der Waals surface area contributed by atoms with E-state index in [1.54, 1.807) is 27.3 Å². The third kappa shape index (κ3) is 7.61. The number of carbonyl (C=O) groups is 1. The van der Waals surface area contributed by atoms with Crippen LogP contribution in [-0.4, -0.2) is 85.3 Å². The summed E-state index contributed by atoms with van der Waals surface area (Å²) in [6, 6.07) is 18.2. The number of benzene rings is 2. The molecular formula is C37H41Cl2N5O4. The number of halogens is 2. The lowest BCUT2D eigenvalue weighted by Gasteiger charge is -2.31. The van der Waals surface area contributed by atoms with Crippen LogP contribution in [0.4, 0.5) is 0 Å². The minimum atomic E-state index is 0.134. The number of hydrogen-bond donors (Lipinski definition) is 1. The van der Waals surface area contributed by atoms with Gasteiger partial charge in [-0.15, -0.1) is 0 Å². The molecule has 2 aliphatic heterocycles. The Balaban J connectivity index is 1.22. The van der Waals surface area contributed by atoms with E-state index in [1.807, 2.05) is 53.4 Å². The summed E-state index contributed by atoms with van der Waals surface area (Å²) in [6.45, 7) is 7.85. The van der Waals surface area contributed by atoms with Gasteiger partial charge in [0.2, 0.25) is 11.8 Å². The molecule has 0 aliphatic carbocycles. The van der Waals surface area contributed by atoms with Crippen LogP contribution in [0.2, 0.25) is 10.0 Å². The fourth-order valence-electron chi connectivity index (χ4n) is 6.40. The predicted molar refractivity (Wildman–Crippen MR) is 190 cm³/mol. The maximum absolute atomic E-state index is 11.7. The van der Waals surface area contributed by atoms with E-state index in [1.165, 1.54) is 0 Å². The van der Waals surface area contributed by atoms with Gasteiger partial charge in [-0.25, -0.2) is 4.98 Å². The Bertz CT molecular complexity index is 1760. The number of morpholine rings is 1. The topological polar surface area (TPSA) is 89.0 Å². The predicted octanol–water partition coefficient (Wildman–Crippen LogP) is 6.73. The number of aromatic nitrogens is 2. The Morgan fingerprint density at radius 3 is 2.38 bits per heavy atom. The molecule has 4 aromatic rings. The zero-order chi connectivity index (χ0) is 33.6. The van der Waals surface area contributed by atoms with Crippen molar-refractivity contribution >= 4 is 29.1 Å². The molecular weight excluding hydrogens is 649 g/mol. The number of likely N-dealkylation sites (tertiary alicyclic amines) is 1. The van der Waals surface area contributed by atoms with Crippen LogP contribution in [-0.2, 0) is 22.6 Å². The molecule has 0 radical (unpaired) electrons. The minimum Gasteiger partial charge on any atom is -0.496 e. The van der Waals surface area contributed by atoms with Gasteiger partial charge in [0.25, 0.3) is 0 Å². The SMILES string of the molecule is COc1cc(-c2nccc(-c3cccc(-c4ccc(CNC5CCN(C(C)=O)CC5)c(OC)n4)c3Cl)c2Cl)ccc1CN1CCOCC1. The fraction of sp³-hybridized carbons (Fsp3) is 0.378. The van der Waals surface area contributed by atoms with Crippen molar-refractivity contribution < 1.29 is 19.0 Å². The summed E-state index contributed by atoms with van der Waals surface area (Å²) in [7, 11) is 3.31. The largest absolute Gasteiger partial charge is 0.496 e. The molecule has 6 rings (SSSR count). The molecule has 0 bridgehead atoms. The van der Waals surface area contributed by atoms with E-state index in [4.69, 9.17) is 42.4 Å². The van der Waals surface area contributed by atoms with E-state index in [-0.39, 0.29) is 5.91 Å². The molecule has 2 fully saturated rings. The Kier molecular flexibility index (Phi) is 11.1. The number of amides is 1. The van der Waals surface area contributed by atoms with E-state index >= 15 is 0 Å². The smallest absolute Gasteiger partial charge is 0.219 e. The number of nitrogens with zero attached hydrogens (tertiary/aromatic N) is 4. The van der Waals surface area contributed by atoms with Gasteiger partial charge in [0, 0.05) is 91.8 Å². The highest BCUT2D eigenvalue weighted by molar-refractivity contribution is 6.39. The molecule has 2 saturated heterocycles. The summed E-state index contributed by atoms with van der Waals surface area (Å²) in [4.78, 5) is 25.4. The first-order valence-corrected chi connectivity index (χ1v) is 17.1. The van der Waals surface area contributed by atoms with E-state index < -0.39 is 0 Å². The maximum Gasteiger partial charge on any atom is 0.219 e. The van der Waals surface area contributed by atoms with Crippen LogP contribution in [0.1, 0.15) is 30.9 Å². The highest BCUT2D eigenvalue weighted by Gasteiger charge is 2.22. The molecule has 2 aliphatic rings. The molecule has 1 amide bonds. The van der Waals surface area contributed by atoms with Crippen molar-refractivity contribution in [2.45, 2.75) is 38.9 Å². The lowest BCUT2D eigenvalue weighted by Crippen LogP contribution is -2.44. The van der Waals surface area contributed by atoms with Gasteiger partial charge in [-0.05, 0) is 31.0 Å². The van der Waals surface area contributed by atoms with Crippen LogP contribution in [0.15, 0.2) is 60.8 Å². The van der Waals surface area contributed by atoms with E-state index in [0.29, 0.717) is 39.9 Å². The van der Waals surface area contributed by atoms with Crippen LogP contribution in [0.25, 0.3) is 33.6 Å². The van der Waals surface area contributed by atoms with Crippen molar-refractivity contribution in [2.75, 3.05) is 53.6 Å². The third-order valence-electron chi connectivity index (χ3n) is 9.17. The van der Waals surface area contributed by atoms with Gasteiger partial charge in [-0.2, -0.15) is 0 Å². The van der Waals surface area contributed by atoms with Crippen LogP contribution >= 0.6 is 23.2 Å². The Morgan fingerprint density at radius 2 is 1.65 bits per heavy atom. The van der Waals surface area contributed by atoms with E-state index in [0.717, 1.165) is 97.9 Å². The van der Waals surface area contributed by atoms with Gasteiger partial charge < -0.3 is 24.4 Å². The summed E-state index contributed by atoms with van der Waals surface area (Å²) in [5.41, 5.74) is 6.58. The molecule has 1 N–H and O–H groups in total. The first kappa shape index (κ1) is 34.1. The Hall–Kier alpha value is -3.73. The Morgan fingerprint density at radius 1 is 0.917 bits per heavy atom. The molecule has 11 heteroatoms. The van der Waals surface area contributed by atoms with Crippen molar-refractivity contribution in [3.63, 3.8) is 0 Å². The third-order valence-corrected chi connectivity index (χ3v) is 9.96. The lowest BCUT2D eigenvalue weighted by molar-refractivity contribution is -0.129. The zero-order valence-electron chi connectivity index (χ0n) is 27.6. The molecule has 0 atom stereocenters. The van der Waals surface area contributed by atoms with Crippen LogP contribution in [0.5, 0.6) is 11.6 Å². The number of pyridine rings is 2. The standard InChI is InChI=1S/C37H41Cl2N5O4/c1-24(45)44-15-12-28(13-16-44)41-22-26-9-10-32(42-37(26)47-3)31-6-4-5-29(34(31)38)30-11-14-40-36(35(30)39)25-7-8-27(33(21-25)46-2)23-43-17-19-48-20-18-43/h4-11,14,21,28,41H,12-13,15-20,22-23H2,1-3H3. The molecule has 48 heavy (non-hydrogen) atoms. The summed E-state index contributed by atoms with van der Waals surface area (Å²) < 4.78 is 17.0. The average Bonchev–Trinajstić information content (AvgIpc) is 3.12. The monoisotopic (exact) mass is 689 g/mol. The number of hydrogen-bond acceptors (Lipinski definition) is 8. The number of ether oxygens (including phenoxy) is 3. The van der Waals surface area contributed by atoms with Crippen molar-refractivity contribution in [2.24, 2.45) is 0 Å². The van der Waals surface area contributed by atoms with Crippen LogP contribution in [0, 0.1) is 0 Å². The molecule has 0 saturated carbocycles. The van der Waals surface area contributed by atoms with Gasteiger partial charge in [-0.1, -0.05) is 59.6 Å². The van der Waals surface area contributed by atoms with Gasteiger partial charge in [0.1, 0.15) is 5.75 Å². The van der Waals surface area contributed by atoms with Crippen LogP contribution in [0.3, 0.4) is 0 Å². The second-order valence-electron chi connectivity index (χ2n) is 12.1. The molecule has 2 aromatic carbocycles. The second kappa shape index (κ2) is 15.7. The Labute approximate surface area is 292 Å². The first-order valence-electron chi connectivity index (χ1n) is 16.3. The van der Waals surface area contributed by atoms with Gasteiger partial charge >= 0.3 is 0 Å². The van der Waals surface area contributed by atoms with E-state index in [9.17, 15) is 4.79 Å². The second-order valence-corrected chi connectivity index (χ2v) is 12.9. The summed E-state index contributed by atoms with van der Waals surface area (Å²) in [6.07, 6.45) is 3.59.